The number of aromatic nitrogens is 1. The lowest BCUT2D eigenvalue weighted by Gasteiger charge is -2.22. The molecule has 0 atom stereocenters. The smallest absolute Gasteiger partial charge is 0.262 e. The molecule has 6 nitrogen and oxygen atoms in total. The van der Waals surface area contributed by atoms with Crippen LogP contribution in [0.4, 0.5) is 10.8 Å². The van der Waals surface area contributed by atoms with E-state index < -0.39 is 10.0 Å². The number of aromatic hydroxyl groups is 1. The Morgan fingerprint density at radius 3 is 2.45 bits per heavy atom. The summed E-state index contributed by atoms with van der Waals surface area (Å²) in [6.45, 7) is 3.74. The number of nitrogens with zero attached hydrogens (tertiary/aromatic N) is 1. The minimum Gasteiger partial charge on any atom is -0.508 e. The zero-order valence-corrected chi connectivity index (χ0v) is 19.3. The van der Waals surface area contributed by atoms with E-state index in [4.69, 9.17) is 4.98 Å². The van der Waals surface area contributed by atoms with Gasteiger partial charge in [-0.2, -0.15) is 0 Å². The molecule has 0 spiro atoms. The SMILES string of the molecule is Cc1ccc(-c2sc(NC3CCCCC3)nc2C)cc1S(=O)(=O)Nc1ccc(O)cc1. The van der Waals surface area contributed by atoms with Crippen molar-refractivity contribution in [1.29, 1.82) is 0 Å². The van der Waals surface area contributed by atoms with E-state index in [9.17, 15) is 13.5 Å². The fraction of sp³-hybridized carbons (Fsp3) is 0.348. The Hall–Kier alpha value is -2.58. The molecule has 0 amide bonds. The number of anilines is 2. The minimum atomic E-state index is -3.78. The van der Waals surface area contributed by atoms with Gasteiger partial charge in [-0.05, 0) is 68.1 Å². The first kappa shape index (κ1) is 21.6. The molecule has 1 aliphatic rings. The van der Waals surface area contributed by atoms with Crippen molar-refractivity contribution < 1.29 is 13.5 Å². The van der Waals surface area contributed by atoms with Crippen LogP contribution in [0.3, 0.4) is 0 Å². The lowest BCUT2D eigenvalue weighted by molar-refractivity contribution is 0.462. The predicted octanol–water partition coefficient (Wildman–Crippen LogP) is 5.68. The second kappa shape index (κ2) is 8.88. The molecule has 0 bridgehead atoms. The molecular weight excluding hydrogens is 430 g/mol. The Morgan fingerprint density at radius 1 is 1.03 bits per heavy atom. The molecule has 0 aliphatic heterocycles. The quantitative estimate of drug-likeness (QED) is 0.414. The van der Waals surface area contributed by atoms with Crippen LogP contribution in [-0.2, 0) is 10.0 Å². The Bertz CT molecular complexity index is 1170. The summed E-state index contributed by atoms with van der Waals surface area (Å²) in [5.74, 6) is 0.0828. The molecule has 1 fully saturated rings. The summed E-state index contributed by atoms with van der Waals surface area (Å²) in [5.41, 5.74) is 2.79. The van der Waals surface area contributed by atoms with E-state index in [0.29, 0.717) is 17.3 Å². The molecular formula is C23H27N3O3S2. The number of rotatable bonds is 6. The lowest BCUT2D eigenvalue weighted by Crippen LogP contribution is -2.21. The van der Waals surface area contributed by atoms with E-state index in [2.05, 4.69) is 10.0 Å². The van der Waals surface area contributed by atoms with Crippen LogP contribution in [0.1, 0.15) is 43.4 Å². The first-order chi connectivity index (χ1) is 14.8. The van der Waals surface area contributed by atoms with Gasteiger partial charge in [0.25, 0.3) is 10.0 Å². The number of thiazole rings is 1. The van der Waals surface area contributed by atoms with Gasteiger partial charge in [-0.3, -0.25) is 4.72 Å². The molecule has 1 heterocycles. The molecule has 3 N–H and O–H groups in total. The van der Waals surface area contributed by atoms with E-state index in [1.54, 1.807) is 24.3 Å². The Balaban J connectivity index is 1.61. The maximum absolute atomic E-state index is 13.0. The minimum absolute atomic E-state index is 0.0828. The van der Waals surface area contributed by atoms with Crippen LogP contribution in [0.15, 0.2) is 47.4 Å². The van der Waals surface area contributed by atoms with Gasteiger partial charge in [-0.15, -0.1) is 0 Å². The highest BCUT2D eigenvalue weighted by molar-refractivity contribution is 7.92. The van der Waals surface area contributed by atoms with Gasteiger partial charge in [-0.25, -0.2) is 13.4 Å². The van der Waals surface area contributed by atoms with E-state index in [-0.39, 0.29) is 10.6 Å². The zero-order valence-electron chi connectivity index (χ0n) is 17.7. The van der Waals surface area contributed by atoms with E-state index in [1.165, 1.54) is 56.4 Å². The van der Waals surface area contributed by atoms with Crippen molar-refractivity contribution in [3.8, 4) is 16.2 Å². The molecule has 2 aromatic carbocycles. The largest absolute Gasteiger partial charge is 0.508 e. The van der Waals surface area contributed by atoms with Crippen molar-refractivity contribution >= 4 is 32.2 Å². The maximum Gasteiger partial charge on any atom is 0.262 e. The third kappa shape index (κ3) is 5.02. The summed E-state index contributed by atoms with van der Waals surface area (Å²) in [5, 5.41) is 13.9. The van der Waals surface area contributed by atoms with Gasteiger partial charge in [0.2, 0.25) is 0 Å². The van der Waals surface area contributed by atoms with Crippen molar-refractivity contribution in [2.45, 2.75) is 56.9 Å². The van der Waals surface area contributed by atoms with Crippen molar-refractivity contribution in [2.75, 3.05) is 10.0 Å². The van der Waals surface area contributed by atoms with Gasteiger partial charge in [0.1, 0.15) is 5.75 Å². The monoisotopic (exact) mass is 457 g/mol. The first-order valence-corrected chi connectivity index (χ1v) is 12.8. The summed E-state index contributed by atoms with van der Waals surface area (Å²) >= 11 is 1.57. The highest BCUT2D eigenvalue weighted by Gasteiger charge is 2.21. The molecule has 0 unspecified atom stereocenters. The normalized spacial score (nSPS) is 15.0. The van der Waals surface area contributed by atoms with Gasteiger partial charge >= 0.3 is 0 Å². The molecule has 4 rings (SSSR count). The average Bonchev–Trinajstić information content (AvgIpc) is 3.10. The highest BCUT2D eigenvalue weighted by Crippen LogP contribution is 2.36. The fourth-order valence-corrected chi connectivity index (χ4v) is 6.29. The Kier molecular flexibility index (Phi) is 6.20. The van der Waals surface area contributed by atoms with Gasteiger partial charge in [0, 0.05) is 11.7 Å². The first-order valence-electron chi connectivity index (χ1n) is 10.5. The van der Waals surface area contributed by atoms with Gasteiger partial charge in [0.15, 0.2) is 5.13 Å². The zero-order chi connectivity index (χ0) is 22.0. The van der Waals surface area contributed by atoms with Crippen molar-refractivity contribution in [1.82, 2.24) is 4.98 Å². The Labute approximate surface area is 187 Å². The van der Waals surface area contributed by atoms with Gasteiger partial charge < -0.3 is 10.4 Å². The van der Waals surface area contributed by atoms with Crippen LogP contribution < -0.4 is 10.0 Å². The highest BCUT2D eigenvalue weighted by atomic mass is 32.2. The standard InChI is InChI=1S/C23H27N3O3S2/c1-15-8-9-17(14-21(15)31(28,29)26-19-10-12-20(27)13-11-19)22-16(2)24-23(30-22)25-18-6-4-3-5-7-18/h8-14,18,26-27H,3-7H2,1-2H3,(H,24,25). The number of aryl methyl sites for hydroxylation is 2. The summed E-state index contributed by atoms with van der Waals surface area (Å²) < 4.78 is 28.7. The van der Waals surface area contributed by atoms with E-state index in [1.807, 2.05) is 19.1 Å². The summed E-state index contributed by atoms with van der Waals surface area (Å²) in [4.78, 5) is 5.89. The lowest BCUT2D eigenvalue weighted by atomic mass is 9.96. The molecule has 8 heteroatoms. The molecule has 164 valence electrons. The fourth-order valence-electron chi connectivity index (χ4n) is 3.92. The number of sulfonamides is 1. The van der Waals surface area contributed by atoms with Gasteiger partial charge in [-0.1, -0.05) is 42.7 Å². The molecule has 0 radical (unpaired) electrons. The van der Waals surface area contributed by atoms with Gasteiger partial charge in [0.05, 0.1) is 15.5 Å². The van der Waals surface area contributed by atoms with Crippen LogP contribution in [0.2, 0.25) is 0 Å². The van der Waals surface area contributed by atoms with Crippen LogP contribution in [0, 0.1) is 13.8 Å². The maximum atomic E-state index is 13.0. The molecule has 1 aromatic heterocycles. The number of hydrogen-bond donors (Lipinski definition) is 3. The van der Waals surface area contributed by atoms with E-state index in [0.717, 1.165) is 21.3 Å². The summed E-state index contributed by atoms with van der Waals surface area (Å²) in [6.07, 6.45) is 6.15. The van der Waals surface area contributed by atoms with E-state index >= 15 is 0 Å². The molecule has 1 aliphatic carbocycles. The topological polar surface area (TPSA) is 91.3 Å². The Morgan fingerprint density at radius 2 is 1.74 bits per heavy atom. The summed E-state index contributed by atoms with van der Waals surface area (Å²) in [6, 6.07) is 11.9. The molecule has 1 saturated carbocycles. The van der Waals surface area contributed by atoms with Crippen LogP contribution in [0.25, 0.3) is 10.4 Å². The number of phenolic OH excluding ortho intramolecular Hbond substituents is 1. The predicted molar refractivity (Wildman–Crippen MR) is 126 cm³/mol. The number of hydrogen-bond acceptors (Lipinski definition) is 6. The third-order valence-electron chi connectivity index (χ3n) is 5.59. The molecule has 31 heavy (non-hydrogen) atoms. The molecule has 3 aromatic rings. The van der Waals surface area contributed by atoms with Crippen molar-refractivity contribution in [3.63, 3.8) is 0 Å². The van der Waals surface area contributed by atoms with Crippen LogP contribution >= 0.6 is 11.3 Å². The number of phenols is 1. The number of benzene rings is 2. The van der Waals surface area contributed by atoms with Crippen LogP contribution in [0.5, 0.6) is 5.75 Å². The second-order valence-corrected chi connectivity index (χ2v) is 10.7. The second-order valence-electron chi connectivity index (χ2n) is 8.05. The van der Waals surface area contributed by atoms with Crippen molar-refractivity contribution in [3.05, 3.63) is 53.7 Å². The molecule has 0 saturated heterocycles. The average molecular weight is 458 g/mol. The third-order valence-corrected chi connectivity index (χ3v) is 8.25. The van der Waals surface area contributed by atoms with Crippen LogP contribution in [-0.4, -0.2) is 24.6 Å². The van der Waals surface area contributed by atoms with Crippen molar-refractivity contribution in [2.24, 2.45) is 0 Å². The summed E-state index contributed by atoms with van der Waals surface area (Å²) in [7, 11) is -3.78. The number of nitrogens with one attached hydrogen (secondary N) is 2.